The van der Waals surface area contributed by atoms with Gasteiger partial charge in [-0.1, -0.05) is 0 Å². The van der Waals surface area contributed by atoms with Crippen LogP contribution in [0.4, 0.5) is 14.5 Å². The second-order valence-corrected chi connectivity index (χ2v) is 4.24. The van der Waals surface area contributed by atoms with Crippen molar-refractivity contribution in [2.24, 2.45) is 0 Å². The summed E-state index contributed by atoms with van der Waals surface area (Å²) in [5.41, 5.74) is -0.636. The molecule has 8 heteroatoms. The zero-order valence-electron chi connectivity index (χ0n) is 10.2. The molecule has 0 amide bonds. The smallest absolute Gasteiger partial charge is 0.258 e. The predicted molar refractivity (Wildman–Crippen MR) is 68.3 cm³/mol. The molecule has 0 aliphatic heterocycles. The lowest BCUT2D eigenvalue weighted by Gasteiger charge is -2.06. The number of alkyl halides is 1. The number of benzene rings is 1. The second-order valence-electron chi connectivity index (χ2n) is 3.97. The highest BCUT2D eigenvalue weighted by molar-refractivity contribution is 6.16. The first-order valence-corrected chi connectivity index (χ1v) is 6.00. The van der Waals surface area contributed by atoms with E-state index in [0.29, 0.717) is 11.4 Å². The van der Waals surface area contributed by atoms with E-state index in [1.807, 2.05) is 0 Å². The predicted octanol–water partition coefficient (Wildman–Crippen LogP) is 3.38. The number of hydrogen-bond donors (Lipinski definition) is 0. The fraction of sp³-hybridized carbons (Fsp3) is 0.167. The number of rotatable bonds is 3. The van der Waals surface area contributed by atoms with E-state index < -0.39 is 27.8 Å². The van der Waals surface area contributed by atoms with Gasteiger partial charge in [0.15, 0.2) is 5.82 Å². The van der Waals surface area contributed by atoms with Crippen molar-refractivity contribution in [3.05, 3.63) is 51.3 Å². The number of aryl methyl sites for hydroxylation is 1. The lowest BCUT2D eigenvalue weighted by molar-refractivity contribution is -0.387. The van der Waals surface area contributed by atoms with Crippen LogP contribution in [0.1, 0.15) is 11.4 Å². The summed E-state index contributed by atoms with van der Waals surface area (Å²) in [6, 6.07) is 3.12. The normalized spacial score (nSPS) is 10.6. The number of aromatic nitrogens is 2. The molecule has 0 atom stereocenters. The molecular formula is C12H8ClF2N3O2. The third kappa shape index (κ3) is 2.57. The maximum Gasteiger partial charge on any atom is 0.305 e. The van der Waals surface area contributed by atoms with Crippen LogP contribution in [0.2, 0.25) is 0 Å². The Morgan fingerprint density at radius 2 is 2.05 bits per heavy atom. The minimum absolute atomic E-state index is 0.0362. The number of nitro benzene ring substituents is 1. The Bertz CT molecular complexity index is 695. The van der Waals surface area contributed by atoms with E-state index in [0.717, 1.165) is 12.1 Å². The SMILES string of the molecule is Cc1cc(CCl)nc(-c2c(F)ccc([N+](=O)[O-])c2F)n1. The van der Waals surface area contributed by atoms with Crippen molar-refractivity contribution < 1.29 is 13.7 Å². The Kier molecular flexibility index (Phi) is 3.89. The Hall–Kier alpha value is -2.15. The molecule has 0 unspecified atom stereocenters. The summed E-state index contributed by atoms with van der Waals surface area (Å²) < 4.78 is 27.8. The zero-order valence-corrected chi connectivity index (χ0v) is 11.0. The van der Waals surface area contributed by atoms with Crippen molar-refractivity contribution in [2.45, 2.75) is 12.8 Å². The summed E-state index contributed by atoms with van der Waals surface area (Å²) in [5, 5.41) is 10.7. The van der Waals surface area contributed by atoms with Crippen LogP contribution < -0.4 is 0 Å². The summed E-state index contributed by atoms with van der Waals surface area (Å²) in [4.78, 5) is 17.6. The maximum absolute atomic E-state index is 14.0. The van der Waals surface area contributed by atoms with Crippen molar-refractivity contribution >= 4 is 17.3 Å². The molecule has 2 rings (SSSR count). The molecular weight excluding hydrogens is 292 g/mol. The zero-order chi connectivity index (χ0) is 14.9. The molecule has 1 heterocycles. The van der Waals surface area contributed by atoms with E-state index in [4.69, 9.17) is 11.6 Å². The van der Waals surface area contributed by atoms with E-state index in [1.54, 1.807) is 13.0 Å². The van der Waals surface area contributed by atoms with E-state index in [9.17, 15) is 18.9 Å². The Labute approximate surface area is 117 Å². The monoisotopic (exact) mass is 299 g/mol. The lowest BCUT2D eigenvalue weighted by atomic mass is 10.1. The molecule has 1 aromatic heterocycles. The van der Waals surface area contributed by atoms with Crippen LogP contribution in [-0.4, -0.2) is 14.9 Å². The molecule has 20 heavy (non-hydrogen) atoms. The summed E-state index contributed by atoms with van der Waals surface area (Å²) in [6.07, 6.45) is 0. The third-order valence-electron chi connectivity index (χ3n) is 2.54. The van der Waals surface area contributed by atoms with Crippen molar-refractivity contribution in [3.8, 4) is 11.4 Å². The van der Waals surface area contributed by atoms with Crippen molar-refractivity contribution in [2.75, 3.05) is 0 Å². The van der Waals surface area contributed by atoms with Crippen molar-refractivity contribution in [3.63, 3.8) is 0 Å². The standard InChI is InChI=1S/C12H8ClF2N3O2/c1-6-4-7(5-13)17-12(16-6)10-8(14)2-3-9(11(10)15)18(19)20/h2-4H,5H2,1H3. The molecule has 1 aromatic carbocycles. The van der Waals surface area contributed by atoms with Gasteiger partial charge in [0.25, 0.3) is 0 Å². The second kappa shape index (κ2) is 5.46. The largest absolute Gasteiger partial charge is 0.305 e. The molecule has 0 bridgehead atoms. The average Bonchev–Trinajstić information content (AvgIpc) is 2.37. The van der Waals surface area contributed by atoms with E-state index in [2.05, 4.69) is 9.97 Å². The van der Waals surface area contributed by atoms with Gasteiger partial charge in [0.1, 0.15) is 5.82 Å². The lowest BCUT2D eigenvalue weighted by Crippen LogP contribution is -2.03. The maximum atomic E-state index is 14.0. The van der Waals surface area contributed by atoms with Crippen molar-refractivity contribution in [1.29, 1.82) is 0 Å². The van der Waals surface area contributed by atoms with Crippen LogP contribution in [-0.2, 0) is 5.88 Å². The average molecular weight is 300 g/mol. The van der Waals surface area contributed by atoms with Gasteiger partial charge in [0, 0.05) is 11.8 Å². The van der Waals surface area contributed by atoms with Crippen LogP contribution in [0, 0.1) is 28.7 Å². The molecule has 0 aliphatic carbocycles. The Morgan fingerprint density at radius 1 is 1.35 bits per heavy atom. The summed E-state index contributed by atoms with van der Waals surface area (Å²) in [6.45, 7) is 1.61. The molecule has 0 aliphatic rings. The van der Waals surface area contributed by atoms with Crippen LogP contribution in [0.15, 0.2) is 18.2 Å². The van der Waals surface area contributed by atoms with Gasteiger partial charge in [-0.3, -0.25) is 10.1 Å². The van der Waals surface area contributed by atoms with Gasteiger partial charge in [-0.25, -0.2) is 14.4 Å². The number of halogens is 3. The van der Waals surface area contributed by atoms with Crippen LogP contribution in [0.5, 0.6) is 0 Å². The van der Waals surface area contributed by atoms with Gasteiger partial charge >= 0.3 is 5.69 Å². The highest BCUT2D eigenvalue weighted by Gasteiger charge is 2.24. The molecule has 0 saturated carbocycles. The number of nitrogens with zero attached hydrogens (tertiary/aromatic N) is 3. The van der Waals surface area contributed by atoms with Gasteiger partial charge in [-0.05, 0) is 19.1 Å². The van der Waals surface area contributed by atoms with Crippen LogP contribution in [0.3, 0.4) is 0 Å². The summed E-state index contributed by atoms with van der Waals surface area (Å²) in [5.74, 6) is -2.51. The van der Waals surface area contributed by atoms with Crippen molar-refractivity contribution in [1.82, 2.24) is 9.97 Å². The molecule has 0 radical (unpaired) electrons. The molecule has 5 nitrogen and oxygen atoms in total. The fourth-order valence-corrected chi connectivity index (χ4v) is 1.84. The summed E-state index contributed by atoms with van der Waals surface area (Å²) in [7, 11) is 0. The van der Waals surface area contributed by atoms with Crippen LogP contribution >= 0.6 is 11.6 Å². The first-order valence-electron chi connectivity index (χ1n) is 5.47. The molecule has 0 N–H and O–H groups in total. The first kappa shape index (κ1) is 14.3. The third-order valence-corrected chi connectivity index (χ3v) is 2.81. The van der Waals surface area contributed by atoms with Gasteiger partial charge in [-0.2, -0.15) is 4.39 Å². The highest BCUT2D eigenvalue weighted by atomic mass is 35.5. The van der Waals surface area contributed by atoms with Gasteiger partial charge in [0.05, 0.1) is 22.1 Å². The molecule has 0 saturated heterocycles. The van der Waals surface area contributed by atoms with E-state index in [-0.39, 0.29) is 11.7 Å². The van der Waals surface area contributed by atoms with E-state index >= 15 is 0 Å². The molecule has 2 aromatic rings. The molecule has 0 spiro atoms. The van der Waals surface area contributed by atoms with Crippen LogP contribution in [0.25, 0.3) is 11.4 Å². The minimum Gasteiger partial charge on any atom is -0.258 e. The van der Waals surface area contributed by atoms with Gasteiger partial charge < -0.3 is 0 Å². The topological polar surface area (TPSA) is 68.9 Å². The highest BCUT2D eigenvalue weighted by Crippen LogP contribution is 2.30. The molecule has 104 valence electrons. The number of nitro groups is 1. The van der Waals surface area contributed by atoms with E-state index in [1.165, 1.54) is 0 Å². The first-order chi connectivity index (χ1) is 9.43. The van der Waals surface area contributed by atoms with Gasteiger partial charge in [0.2, 0.25) is 5.82 Å². The fourth-order valence-electron chi connectivity index (χ4n) is 1.70. The Morgan fingerprint density at radius 3 is 2.65 bits per heavy atom. The van der Waals surface area contributed by atoms with Gasteiger partial charge in [-0.15, -0.1) is 11.6 Å². The quantitative estimate of drug-likeness (QED) is 0.495. The summed E-state index contributed by atoms with van der Waals surface area (Å²) >= 11 is 5.63. The minimum atomic E-state index is -1.30. The molecule has 0 fully saturated rings. The Balaban J connectivity index is 2.72. The number of hydrogen-bond acceptors (Lipinski definition) is 4.